The summed E-state index contributed by atoms with van der Waals surface area (Å²) in [5.41, 5.74) is 8.84. The van der Waals surface area contributed by atoms with Gasteiger partial charge in [0.2, 0.25) is 0 Å². The van der Waals surface area contributed by atoms with Gasteiger partial charge in [0.05, 0.1) is 23.1 Å². The van der Waals surface area contributed by atoms with Crippen molar-refractivity contribution in [1.82, 2.24) is 29.4 Å². The maximum absolute atomic E-state index is 12.6. The van der Waals surface area contributed by atoms with Crippen LogP contribution in [0.25, 0.3) is 21.8 Å². The fraction of sp³-hybridized carbons (Fsp3) is 0.526. The third-order valence-electron chi connectivity index (χ3n) is 9.83. The molecule has 0 radical (unpaired) electrons. The smallest absolute Gasteiger partial charge is 0.422 e. The van der Waals surface area contributed by atoms with Crippen molar-refractivity contribution in [2.24, 2.45) is 17.6 Å². The second kappa shape index (κ2) is 16.0. The predicted octanol–water partition coefficient (Wildman–Crippen LogP) is 6.42. The number of esters is 1. The maximum Gasteiger partial charge on any atom is 0.422 e. The van der Waals surface area contributed by atoms with E-state index < -0.39 is 42.5 Å². The highest BCUT2D eigenvalue weighted by Crippen LogP contribution is 2.36. The molecule has 12 nitrogen and oxygen atoms in total. The number of amides is 3. The average Bonchev–Trinajstić information content (AvgIpc) is 3.74. The molecule has 286 valence electrons. The van der Waals surface area contributed by atoms with Crippen LogP contribution in [-0.2, 0) is 23.9 Å². The number of nitrogens with zero attached hydrogens (tertiary/aromatic N) is 6. The summed E-state index contributed by atoms with van der Waals surface area (Å²) in [5, 5.41) is 11.0. The Morgan fingerprint density at radius 3 is 1.58 bits per heavy atom. The molecule has 2 aromatic carbocycles. The summed E-state index contributed by atoms with van der Waals surface area (Å²) < 4.78 is 44.9. The van der Waals surface area contributed by atoms with Gasteiger partial charge in [0, 0.05) is 48.3 Å². The van der Waals surface area contributed by atoms with Crippen LogP contribution in [0.15, 0.2) is 48.8 Å². The van der Waals surface area contributed by atoms with Crippen LogP contribution in [0.3, 0.4) is 0 Å². The molecule has 2 aromatic heterocycles. The topological polar surface area (TPSA) is 146 Å². The Labute approximate surface area is 306 Å². The Morgan fingerprint density at radius 1 is 0.755 bits per heavy atom. The Bertz CT molecular complexity index is 1970. The van der Waals surface area contributed by atoms with Crippen molar-refractivity contribution in [2.75, 3.05) is 19.7 Å². The van der Waals surface area contributed by atoms with Crippen LogP contribution < -0.4 is 5.73 Å². The van der Waals surface area contributed by atoms with Crippen LogP contribution in [0.1, 0.15) is 103 Å². The van der Waals surface area contributed by atoms with Gasteiger partial charge >= 0.3 is 29.9 Å². The summed E-state index contributed by atoms with van der Waals surface area (Å²) in [4.78, 5) is 51.1. The highest BCUT2D eigenvalue weighted by Gasteiger charge is 2.38. The number of nitrogens with two attached hydrogens (primary N) is 1. The fourth-order valence-electron chi connectivity index (χ4n) is 6.99. The Morgan fingerprint density at radius 2 is 1.19 bits per heavy atom. The van der Waals surface area contributed by atoms with E-state index >= 15 is 0 Å². The van der Waals surface area contributed by atoms with Crippen LogP contribution >= 0.6 is 0 Å². The van der Waals surface area contributed by atoms with Crippen molar-refractivity contribution in [3.8, 4) is 0 Å². The van der Waals surface area contributed by atoms with Crippen molar-refractivity contribution in [2.45, 2.75) is 97.6 Å². The zero-order chi connectivity index (χ0) is 38.8. The first-order chi connectivity index (χ1) is 24.9. The van der Waals surface area contributed by atoms with Crippen molar-refractivity contribution >= 4 is 45.5 Å². The molecule has 0 saturated carbocycles. The zero-order valence-corrected chi connectivity index (χ0v) is 31.0. The van der Waals surface area contributed by atoms with Crippen LogP contribution in [0.5, 0.6) is 0 Å². The Hall–Kier alpha value is -4.95. The molecule has 0 aliphatic carbocycles. The first kappa shape index (κ1) is 39.3. The van der Waals surface area contributed by atoms with Crippen LogP contribution in [-0.4, -0.2) is 78.9 Å². The number of carbonyl (C=O) groups is 4. The highest BCUT2D eigenvalue weighted by atomic mass is 19.4. The fourth-order valence-corrected chi connectivity index (χ4v) is 6.99. The van der Waals surface area contributed by atoms with Crippen molar-refractivity contribution in [1.29, 1.82) is 0 Å². The number of likely N-dealkylation sites (tertiary alicyclic amines) is 2. The van der Waals surface area contributed by atoms with Crippen molar-refractivity contribution < 1.29 is 37.1 Å². The summed E-state index contributed by atoms with van der Waals surface area (Å²) >= 11 is 0. The van der Waals surface area contributed by atoms with E-state index in [1.54, 1.807) is 4.90 Å². The molecule has 2 saturated heterocycles. The van der Waals surface area contributed by atoms with E-state index in [1.165, 1.54) is 4.90 Å². The quantitative estimate of drug-likeness (QED) is 0.184. The van der Waals surface area contributed by atoms with E-state index in [2.05, 4.69) is 41.8 Å². The van der Waals surface area contributed by atoms with Crippen LogP contribution in [0, 0.1) is 11.8 Å². The first-order valence-corrected chi connectivity index (χ1v) is 18.0. The van der Waals surface area contributed by atoms with Crippen molar-refractivity contribution in [3.63, 3.8) is 0 Å². The third-order valence-corrected chi connectivity index (χ3v) is 9.83. The van der Waals surface area contributed by atoms with Gasteiger partial charge in [0.15, 0.2) is 6.61 Å². The summed E-state index contributed by atoms with van der Waals surface area (Å²) in [5.74, 6) is -3.48. The lowest BCUT2D eigenvalue weighted by molar-refractivity contribution is -0.190. The molecular weight excluding hydrogens is 691 g/mol. The first-order valence-electron chi connectivity index (χ1n) is 18.0. The molecule has 2 aliphatic rings. The number of rotatable bonds is 5. The molecule has 6 rings (SSSR count). The summed E-state index contributed by atoms with van der Waals surface area (Å²) in [6.07, 6.45) is 2.58. The number of aromatic nitrogens is 4. The van der Waals surface area contributed by atoms with Gasteiger partial charge < -0.3 is 20.3 Å². The van der Waals surface area contributed by atoms with Gasteiger partial charge in [-0.05, 0) is 101 Å². The van der Waals surface area contributed by atoms with E-state index in [9.17, 15) is 32.3 Å². The minimum absolute atomic E-state index is 0.104. The van der Waals surface area contributed by atoms with E-state index in [4.69, 9.17) is 5.73 Å². The van der Waals surface area contributed by atoms with E-state index in [0.29, 0.717) is 24.9 Å². The largest absolute Gasteiger partial charge is 0.449 e. The monoisotopic (exact) mass is 739 g/mol. The standard InChI is InChI=1S/C20H24F3N3O3.C18H24N4O2/c1-12(2)26-10-15-8-14(5-6-16(15)24-26)17-7-4-13(3)9-25(17)18(27)19(28)29-11-20(21,22)23;1-11(2)22-10-14-8-13(5-6-15(14)20-22)16-7-4-12(3)9-21(16)18(24)17(19)23/h5-6,8,10,12-13,17H,4,7,9,11H2,1-3H3;5-6,8,10-12,16H,4,7,9H2,1-3H3,(H2,19,23)/t13-,17+;12-,16+/m00/s1. The number of primary amides is 1. The summed E-state index contributed by atoms with van der Waals surface area (Å²) in [6.45, 7) is 11.3. The maximum atomic E-state index is 12.6. The molecular formula is C38H48F3N7O5. The molecule has 0 spiro atoms. The van der Waals surface area contributed by atoms with Gasteiger partial charge in [-0.15, -0.1) is 0 Å². The second-order valence-electron chi connectivity index (χ2n) is 14.9. The number of hydrogen-bond acceptors (Lipinski definition) is 7. The minimum Gasteiger partial charge on any atom is -0.449 e. The number of alkyl halides is 3. The summed E-state index contributed by atoms with van der Waals surface area (Å²) in [7, 11) is 0. The lowest BCUT2D eigenvalue weighted by Gasteiger charge is -2.38. The predicted molar refractivity (Wildman–Crippen MR) is 192 cm³/mol. The van der Waals surface area contributed by atoms with Crippen LogP contribution in [0.4, 0.5) is 13.2 Å². The molecule has 2 N–H and O–H groups in total. The van der Waals surface area contributed by atoms with Gasteiger partial charge in [-0.2, -0.15) is 23.4 Å². The number of halogens is 3. The molecule has 0 bridgehead atoms. The minimum atomic E-state index is -4.67. The number of hydrogen-bond donors (Lipinski definition) is 1. The van der Waals surface area contributed by atoms with E-state index in [-0.39, 0.29) is 24.5 Å². The second-order valence-corrected chi connectivity index (χ2v) is 14.9. The number of fused-ring (bicyclic) bond motifs is 2. The van der Waals surface area contributed by atoms with Gasteiger partial charge in [0.1, 0.15) is 0 Å². The molecule has 4 atom stereocenters. The highest BCUT2D eigenvalue weighted by molar-refractivity contribution is 6.34. The number of piperidine rings is 2. The zero-order valence-electron chi connectivity index (χ0n) is 31.0. The number of ether oxygens (including phenoxy) is 1. The van der Waals surface area contributed by atoms with E-state index in [0.717, 1.165) is 52.2 Å². The molecule has 2 aliphatic heterocycles. The van der Waals surface area contributed by atoms with Gasteiger partial charge in [0.25, 0.3) is 0 Å². The summed E-state index contributed by atoms with van der Waals surface area (Å²) in [6, 6.07) is 11.7. The number of benzene rings is 2. The number of carbonyl (C=O) groups excluding carboxylic acids is 4. The van der Waals surface area contributed by atoms with Gasteiger partial charge in [-0.3, -0.25) is 23.7 Å². The van der Waals surface area contributed by atoms with Gasteiger partial charge in [-0.25, -0.2) is 4.79 Å². The molecule has 53 heavy (non-hydrogen) atoms. The van der Waals surface area contributed by atoms with E-state index in [1.807, 2.05) is 72.9 Å². The van der Waals surface area contributed by atoms with Crippen LogP contribution in [0.2, 0.25) is 0 Å². The molecule has 2 fully saturated rings. The SMILES string of the molecule is CC(C)n1cc2cc([C@H]3CC[C@H](C)CN3C(=O)C(=O)OCC(F)(F)F)ccc2n1.CC(C)n1cc2cc([C@H]3CC[C@H](C)CN3C(=O)C(N)=O)ccc2n1. The third kappa shape index (κ3) is 9.35. The molecule has 0 unspecified atom stereocenters. The van der Waals surface area contributed by atoms with Crippen molar-refractivity contribution in [3.05, 3.63) is 59.9 Å². The molecule has 15 heteroatoms. The molecule has 3 amide bonds. The lowest BCUT2D eigenvalue weighted by Crippen LogP contribution is -2.46. The average molecular weight is 740 g/mol. The Balaban J connectivity index is 0.000000208. The Kier molecular flexibility index (Phi) is 11.8. The van der Waals surface area contributed by atoms with Gasteiger partial charge in [-0.1, -0.05) is 26.0 Å². The normalized spacial score (nSPS) is 20.8. The molecule has 4 heterocycles. The molecule has 4 aromatic rings. The lowest BCUT2D eigenvalue weighted by atomic mass is 9.89.